The molecule has 88 valence electrons. The van der Waals surface area contributed by atoms with Gasteiger partial charge in [-0.15, -0.1) is 0 Å². The second kappa shape index (κ2) is 4.75. The van der Waals surface area contributed by atoms with E-state index in [2.05, 4.69) is 21.2 Å². The average Bonchev–Trinajstić information content (AvgIpc) is 2.76. The molecule has 17 heavy (non-hydrogen) atoms. The fourth-order valence-electron chi connectivity index (χ4n) is 1.65. The molecule has 0 spiro atoms. The number of anilines is 1. The van der Waals surface area contributed by atoms with Crippen LogP contribution in [-0.2, 0) is 0 Å². The number of hydrogen-bond acceptors (Lipinski definition) is 2. The molecule has 0 aliphatic carbocycles. The van der Waals surface area contributed by atoms with E-state index in [1.54, 1.807) is 6.07 Å². The van der Waals surface area contributed by atoms with Crippen LogP contribution < -0.4 is 5.32 Å². The number of halogens is 1. The molecule has 0 atom stereocenters. The molecule has 0 bridgehead atoms. The zero-order valence-electron chi connectivity index (χ0n) is 9.58. The lowest BCUT2D eigenvalue weighted by Crippen LogP contribution is -2.12. The van der Waals surface area contributed by atoms with Crippen LogP contribution in [0.15, 0.2) is 39.6 Å². The lowest BCUT2D eigenvalue weighted by Gasteiger charge is -2.10. The van der Waals surface area contributed by atoms with Gasteiger partial charge >= 0.3 is 0 Å². The van der Waals surface area contributed by atoms with Gasteiger partial charge in [-0.1, -0.05) is 6.07 Å². The molecule has 4 heteroatoms. The van der Waals surface area contributed by atoms with Gasteiger partial charge in [-0.25, -0.2) is 0 Å². The largest absolute Gasteiger partial charge is 0.472 e. The van der Waals surface area contributed by atoms with Crippen LogP contribution in [0, 0.1) is 13.8 Å². The van der Waals surface area contributed by atoms with Crippen molar-refractivity contribution in [2.24, 2.45) is 0 Å². The summed E-state index contributed by atoms with van der Waals surface area (Å²) in [6, 6.07) is 5.63. The number of nitrogens with one attached hydrogen (secondary N) is 1. The summed E-state index contributed by atoms with van der Waals surface area (Å²) in [6.07, 6.45) is 2.90. The van der Waals surface area contributed by atoms with Crippen LogP contribution in [0.3, 0.4) is 0 Å². The zero-order chi connectivity index (χ0) is 12.4. The Labute approximate surface area is 108 Å². The van der Waals surface area contributed by atoms with Gasteiger partial charge in [-0.2, -0.15) is 0 Å². The maximum absolute atomic E-state index is 11.9. The molecule has 1 heterocycles. The molecule has 0 fully saturated rings. The molecule has 1 aromatic carbocycles. The van der Waals surface area contributed by atoms with Gasteiger partial charge in [-0.05, 0) is 53.0 Å². The quantitative estimate of drug-likeness (QED) is 0.912. The first-order valence-corrected chi connectivity index (χ1v) is 5.97. The minimum Gasteiger partial charge on any atom is -0.472 e. The van der Waals surface area contributed by atoms with E-state index in [0.29, 0.717) is 5.56 Å². The maximum atomic E-state index is 11.9. The smallest absolute Gasteiger partial charge is 0.258 e. The Balaban J connectivity index is 2.28. The van der Waals surface area contributed by atoms with Crippen molar-refractivity contribution >= 4 is 27.5 Å². The van der Waals surface area contributed by atoms with E-state index >= 15 is 0 Å². The highest BCUT2D eigenvalue weighted by atomic mass is 79.9. The Kier molecular flexibility index (Phi) is 3.33. The number of benzene rings is 1. The number of carbonyl (C=O) groups is 1. The lowest BCUT2D eigenvalue weighted by molar-refractivity contribution is 0.102. The van der Waals surface area contributed by atoms with Crippen LogP contribution >= 0.6 is 15.9 Å². The second-order valence-corrected chi connectivity index (χ2v) is 4.76. The summed E-state index contributed by atoms with van der Waals surface area (Å²) in [5, 5.41) is 2.86. The molecule has 0 aliphatic rings. The molecule has 0 saturated carbocycles. The Hall–Kier alpha value is -1.55. The predicted octanol–water partition coefficient (Wildman–Crippen LogP) is 3.91. The Bertz CT molecular complexity index is 524. The molecule has 0 unspecified atom stereocenters. The topological polar surface area (TPSA) is 42.2 Å². The van der Waals surface area contributed by atoms with E-state index in [1.165, 1.54) is 12.5 Å². The third kappa shape index (κ3) is 2.58. The molecule has 2 rings (SSSR count). The predicted molar refractivity (Wildman–Crippen MR) is 70.3 cm³/mol. The van der Waals surface area contributed by atoms with E-state index in [9.17, 15) is 4.79 Å². The highest BCUT2D eigenvalue weighted by molar-refractivity contribution is 9.10. The number of aryl methyl sites for hydroxylation is 2. The SMILES string of the molecule is Cc1cc(C)c(NC(=O)c2ccoc2)c(Br)c1. The van der Waals surface area contributed by atoms with Crippen molar-refractivity contribution in [1.82, 2.24) is 0 Å². The Morgan fingerprint density at radius 1 is 1.35 bits per heavy atom. The molecule has 3 nitrogen and oxygen atoms in total. The Morgan fingerprint density at radius 2 is 2.12 bits per heavy atom. The first-order valence-electron chi connectivity index (χ1n) is 5.18. The lowest BCUT2D eigenvalue weighted by atomic mass is 10.1. The van der Waals surface area contributed by atoms with Gasteiger partial charge < -0.3 is 9.73 Å². The van der Waals surface area contributed by atoms with Crippen molar-refractivity contribution < 1.29 is 9.21 Å². The van der Waals surface area contributed by atoms with Gasteiger partial charge in [-0.3, -0.25) is 4.79 Å². The number of carbonyl (C=O) groups excluding carboxylic acids is 1. The van der Waals surface area contributed by atoms with Gasteiger partial charge in [0.15, 0.2) is 0 Å². The third-order valence-corrected chi connectivity index (χ3v) is 3.08. The molecule has 1 N–H and O–H groups in total. The van der Waals surface area contributed by atoms with Gasteiger partial charge in [0.1, 0.15) is 6.26 Å². The zero-order valence-corrected chi connectivity index (χ0v) is 11.2. The minimum atomic E-state index is -0.175. The van der Waals surface area contributed by atoms with Crippen molar-refractivity contribution in [2.75, 3.05) is 5.32 Å². The summed E-state index contributed by atoms with van der Waals surface area (Å²) in [7, 11) is 0. The van der Waals surface area contributed by atoms with Crippen LogP contribution in [0.2, 0.25) is 0 Å². The van der Waals surface area contributed by atoms with Crippen LogP contribution in [-0.4, -0.2) is 5.91 Å². The van der Waals surface area contributed by atoms with Gasteiger partial charge in [0.2, 0.25) is 0 Å². The first kappa shape index (κ1) is 11.9. The summed E-state index contributed by atoms with van der Waals surface area (Å²) < 4.78 is 5.76. The summed E-state index contributed by atoms with van der Waals surface area (Å²) in [6.45, 7) is 3.97. The van der Waals surface area contributed by atoms with Crippen LogP contribution in [0.1, 0.15) is 21.5 Å². The molecular weight excluding hydrogens is 282 g/mol. The molecule has 1 aromatic heterocycles. The fourth-order valence-corrected chi connectivity index (χ4v) is 2.43. The summed E-state index contributed by atoms with van der Waals surface area (Å²) in [4.78, 5) is 11.9. The minimum absolute atomic E-state index is 0.175. The molecular formula is C13H12BrNO2. The maximum Gasteiger partial charge on any atom is 0.258 e. The average molecular weight is 294 g/mol. The number of rotatable bonds is 2. The molecule has 0 aliphatic heterocycles. The highest BCUT2D eigenvalue weighted by Crippen LogP contribution is 2.28. The Morgan fingerprint density at radius 3 is 2.71 bits per heavy atom. The molecule has 0 saturated heterocycles. The number of amides is 1. The standard InChI is InChI=1S/C13H12BrNO2/c1-8-5-9(2)12(11(14)6-8)15-13(16)10-3-4-17-7-10/h3-7H,1-2H3,(H,15,16). The number of hydrogen-bond donors (Lipinski definition) is 1. The van der Waals surface area contributed by atoms with Gasteiger partial charge in [0.25, 0.3) is 5.91 Å². The summed E-state index contributed by atoms with van der Waals surface area (Å²) >= 11 is 3.45. The van der Waals surface area contributed by atoms with E-state index in [0.717, 1.165) is 21.3 Å². The van der Waals surface area contributed by atoms with Crippen LogP contribution in [0.25, 0.3) is 0 Å². The monoisotopic (exact) mass is 293 g/mol. The first-order chi connectivity index (χ1) is 8.08. The second-order valence-electron chi connectivity index (χ2n) is 3.90. The van der Waals surface area contributed by atoms with Crippen molar-refractivity contribution in [2.45, 2.75) is 13.8 Å². The van der Waals surface area contributed by atoms with Crippen LogP contribution in [0.4, 0.5) is 5.69 Å². The van der Waals surface area contributed by atoms with E-state index in [-0.39, 0.29) is 5.91 Å². The summed E-state index contributed by atoms with van der Waals surface area (Å²) in [5.41, 5.74) is 3.48. The van der Waals surface area contributed by atoms with Gasteiger partial charge in [0.05, 0.1) is 17.5 Å². The summed E-state index contributed by atoms with van der Waals surface area (Å²) in [5.74, 6) is -0.175. The van der Waals surface area contributed by atoms with Crippen LogP contribution in [0.5, 0.6) is 0 Å². The molecule has 0 radical (unpaired) electrons. The third-order valence-electron chi connectivity index (χ3n) is 2.45. The number of furan rings is 1. The fraction of sp³-hybridized carbons (Fsp3) is 0.154. The normalized spacial score (nSPS) is 10.3. The van der Waals surface area contributed by atoms with Crippen molar-refractivity contribution in [1.29, 1.82) is 0 Å². The van der Waals surface area contributed by atoms with E-state index in [1.807, 2.05) is 26.0 Å². The van der Waals surface area contributed by atoms with E-state index in [4.69, 9.17) is 4.42 Å². The van der Waals surface area contributed by atoms with Crippen molar-refractivity contribution in [3.05, 3.63) is 51.9 Å². The molecule has 1 amide bonds. The van der Waals surface area contributed by atoms with Crippen molar-refractivity contribution in [3.8, 4) is 0 Å². The van der Waals surface area contributed by atoms with E-state index < -0.39 is 0 Å². The van der Waals surface area contributed by atoms with Gasteiger partial charge in [0, 0.05) is 4.47 Å². The van der Waals surface area contributed by atoms with Crippen molar-refractivity contribution in [3.63, 3.8) is 0 Å². The highest BCUT2D eigenvalue weighted by Gasteiger charge is 2.11. The molecule has 2 aromatic rings.